The highest BCUT2D eigenvalue weighted by Crippen LogP contribution is 2.40. The van der Waals surface area contributed by atoms with Crippen molar-refractivity contribution >= 4 is 33.1 Å². The number of benzene rings is 2. The van der Waals surface area contributed by atoms with Crippen molar-refractivity contribution in [1.29, 1.82) is 0 Å². The van der Waals surface area contributed by atoms with Crippen LogP contribution in [0.5, 0.6) is 0 Å². The Bertz CT molecular complexity index is 1310. The number of anilines is 1. The number of carbonyl (C=O) groups is 1. The molecule has 162 valence electrons. The molecule has 2 aliphatic heterocycles. The Morgan fingerprint density at radius 2 is 1.91 bits per heavy atom. The zero-order chi connectivity index (χ0) is 21.7. The van der Waals surface area contributed by atoms with E-state index in [1.807, 2.05) is 6.07 Å². The molecule has 2 atom stereocenters. The van der Waals surface area contributed by atoms with Crippen LogP contribution in [0.15, 0.2) is 60.8 Å². The first-order chi connectivity index (χ1) is 15.7. The highest BCUT2D eigenvalue weighted by Gasteiger charge is 2.35. The van der Waals surface area contributed by atoms with Crippen LogP contribution in [-0.4, -0.2) is 23.6 Å². The van der Waals surface area contributed by atoms with E-state index in [0.717, 1.165) is 48.7 Å². The predicted octanol–water partition coefficient (Wildman–Crippen LogP) is 3.57. The van der Waals surface area contributed by atoms with Crippen molar-refractivity contribution in [3.05, 3.63) is 87.9 Å². The number of nitrogens with zero attached hydrogens (tertiary/aromatic N) is 1. The topological polar surface area (TPSA) is 50.5 Å². The van der Waals surface area contributed by atoms with Crippen LogP contribution in [0.2, 0.25) is 0 Å². The van der Waals surface area contributed by atoms with Crippen LogP contribution in [0.3, 0.4) is 0 Å². The van der Waals surface area contributed by atoms with E-state index in [0.29, 0.717) is 0 Å². The molecule has 4 aromatic rings. The van der Waals surface area contributed by atoms with E-state index in [2.05, 4.69) is 76.9 Å². The van der Waals surface area contributed by atoms with Gasteiger partial charge in [0.05, 0.1) is 23.5 Å². The van der Waals surface area contributed by atoms with Crippen molar-refractivity contribution in [3.63, 3.8) is 0 Å². The molecule has 0 bridgehead atoms. The summed E-state index contributed by atoms with van der Waals surface area (Å²) in [5.41, 5.74) is 5.70. The van der Waals surface area contributed by atoms with Gasteiger partial charge >= 0.3 is 0 Å². The van der Waals surface area contributed by atoms with Gasteiger partial charge in [0, 0.05) is 35.6 Å². The van der Waals surface area contributed by atoms with Crippen molar-refractivity contribution in [2.45, 2.75) is 32.6 Å². The monoisotopic (exact) mass is 443 g/mol. The number of aromatic nitrogens is 1. The second-order valence-corrected chi connectivity index (χ2v) is 9.86. The Morgan fingerprint density at radius 1 is 1.09 bits per heavy atom. The summed E-state index contributed by atoms with van der Waals surface area (Å²) in [5, 5.41) is 9.13. The number of likely N-dealkylation sites (N-methyl/N-ethyl adjacent to an activating group) is 1. The van der Waals surface area contributed by atoms with E-state index in [4.69, 9.17) is 0 Å². The van der Waals surface area contributed by atoms with Gasteiger partial charge in [-0.05, 0) is 24.1 Å². The van der Waals surface area contributed by atoms with Crippen molar-refractivity contribution in [2.24, 2.45) is 0 Å². The molecule has 0 fully saturated rings. The average Bonchev–Trinajstić information content (AvgIpc) is 3.38. The molecule has 0 radical (unpaired) electrons. The Hall–Kier alpha value is -3.09. The van der Waals surface area contributed by atoms with Gasteiger partial charge in [0.2, 0.25) is 0 Å². The van der Waals surface area contributed by atoms with Crippen LogP contribution in [0.1, 0.15) is 45.0 Å². The molecular formula is C26H27N4OS+. The first-order valence-electron chi connectivity index (χ1n) is 11.4. The third kappa shape index (κ3) is 3.22. The molecule has 5 nitrogen and oxygen atoms in total. The molecule has 4 heterocycles. The maximum absolute atomic E-state index is 13.2. The first kappa shape index (κ1) is 19.6. The zero-order valence-electron chi connectivity index (χ0n) is 18.2. The average molecular weight is 444 g/mol. The van der Waals surface area contributed by atoms with Gasteiger partial charge in [0.25, 0.3) is 5.91 Å². The number of carbonyl (C=O) groups excluding carboxylic acids is 1. The van der Waals surface area contributed by atoms with Gasteiger partial charge in [-0.3, -0.25) is 4.79 Å². The molecule has 2 aromatic carbocycles. The van der Waals surface area contributed by atoms with Gasteiger partial charge in [0.1, 0.15) is 17.7 Å². The normalized spacial score (nSPS) is 19.8. The molecule has 1 amide bonds. The smallest absolute Gasteiger partial charge is 0.256 e. The Kier molecular flexibility index (Phi) is 4.77. The van der Waals surface area contributed by atoms with E-state index in [1.165, 1.54) is 26.9 Å². The summed E-state index contributed by atoms with van der Waals surface area (Å²) in [6.45, 7) is 6.30. The molecule has 0 aliphatic carbocycles. The number of amides is 1. The van der Waals surface area contributed by atoms with E-state index in [1.54, 1.807) is 16.2 Å². The van der Waals surface area contributed by atoms with Gasteiger partial charge in [-0.1, -0.05) is 48.5 Å². The number of nitrogens with one attached hydrogen (secondary N) is 3. The summed E-state index contributed by atoms with van der Waals surface area (Å²) in [4.78, 5) is 16.2. The number of fused-ring (bicyclic) bond motifs is 4. The number of quaternary nitrogens is 1. The third-order valence-corrected chi connectivity index (χ3v) is 8.00. The van der Waals surface area contributed by atoms with Crippen molar-refractivity contribution in [3.8, 4) is 0 Å². The van der Waals surface area contributed by atoms with Crippen molar-refractivity contribution < 1.29 is 9.69 Å². The summed E-state index contributed by atoms with van der Waals surface area (Å²) in [5.74, 6) is 0.0566. The second-order valence-electron chi connectivity index (χ2n) is 8.75. The molecule has 1 unspecified atom stereocenters. The zero-order valence-corrected chi connectivity index (χ0v) is 19.0. The number of hydrogen-bond donors (Lipinski definition) is 3. The lowest BCUT2D eigenvalue weighted by Gasteiger charge is -2.27. The van der Waals surface area contributed by atoms with E-state index >= 15 is 0 Å². The Balaban J connectivity index is 1.37. The molecule has 0 saturated carbocycles. The summed E-state index contributed by atoms with van der Waals surface area (Å²) in [6, 6.07) is 19.0. The fraction of sp³-hybridized carbons (Fsp3) is 0.269. The minimum atomic E-state index is -0.230. The van der Waals surface area contributed by atoms with Gasteiger partial charge in [-0.25, -0.2) is 0 Å². The van der Waals surface area contributed by atoms with Gasteiger partial charge < -0.3 is 20.1 Å². The number of para-hydroxylation sites is 1. The molecule has 0 saturated heterocycles. The van der Waals surface area contributed by atoms with Crippen LogP contribution in [0.4, 0.5) is 5.00 Å². The van der Waals surface area contributed by atoms with Crippen LogP contribution < -0.4 is 15.5 Å². The summed E-state index contributed by atoms with van der Waals surface area (Å²) < 4.78 is 2.28. The molecule has 3 N–H and O–H groups in total. The largest absolute Gasteiger partial charge is 0.353 e. The summed E-state index contributed by atoms with van der Waals surface area (Å²) >= 11 is 1.77. The lowest BCUT2D eigenvalue weighted by molar-refractivity contribution is -0.913. The van der Waals surface area contributed by atoms with Crippen LogP contribution in [-0.2, 0) is 19.5 Å². The number of hydrogen-bond acceptors (Lipinski definition) is 3. The maximum Gasteiger partial charge on any atom is 0.256 e. The summed E-state index contributed by atoms with van der Waals surface area (Å²) in [7, 11) is 0. The SMILES string of the molecule is CC[NH+]1CCc2c(sc3c2C(=O)N[C@@H](c2cn(Cc4ccccc4)c4ccccc24)N3)C1. The Morgan fingerprint density at radius 3 is 2.75 bits per heavy atom. The standard InChI is InChI=1S/C26H26N4OS/c1-2-29-13-12-19-22(16-29)32-26-23(19)25(31)27-24(28-26)20-15-30(14-17-8-4-3-5-9-17)21-11-7-6-10-18(20)21/h3-11,15,24,28H,2,12-14,16H2,1H3,(H,27,31)/p+1/t24-/m1/s1. The quantitative estimate of drug-likeness (QED) is 0.452. The van der Waals surface area contributed by atoms with Crippen LogP contribution in [0.25, 0.3) is 10.9 Å². The lowest BCUT2D eigenvalue weighted by atomic mass is 10.0. The van der Waals surface area contributed by atoms with E-state index in [9.17, 15) is 4.79 Å². The van der Waals surface area contributed by atoms with Gasteiger partial charge in [-0.2, -0.15) is 0 Å². The van der Waals surface area contributed by atoms with E-state index < -0.39 is 0 Å². The minimum Gasteiger partial charge on any atom is -0.353 e. The third-order valence-electron chi connectivity index (χ3n) is 6.83. The van der Waals surface area contributed by atoms with Gasteiger partial charge in [-0.15, -0.1) is 11.3 Å². The van der Waals surface area contributed by atoms with Crippen molar-refractivity contribution in [1.82, 2.24) is 9.88 Å². The Labute approximate surface area is 191 Å². The van der Waals surface area contributed by atoms with Crippen molar-refractivity contribution in [2.75, 3.05) is 18.4 Å². The second kappa shape index (κ2) is 7.80. The fourth-order valence-corrected chi connectivity index (χ4v) is 6.47. The number of rotatable bonds is 4. The number of thiophene rings is 1. The molecule has 2 aliphatic rings. The molecule has 0 spiro atoms. The lowest BCUT2D eigenvalue weighted by Crippen LogP contribution is -3.11. The van der Waals surface area contributed by atoms with Crippen LogP contribution >= 0.6 is 11.3 Å². The fourth-order valence-electron chi connectivity index (χ4n) is 5.12. The summed E-state index contributed by atoms with van der Waals surface area (Å²) in [6.07, 6.45) is 2.95. The molecule has 6 rings (SSSR count). The first-order valence-corrected chi connectivity index (χ1v) is 12.2. The van der Waals surface area contributed by atoms with Gasteiger partial charge in [0.15, 0.2) is 0 Å². The minimum absolute atomic E-state index is 0.0566. The maximum atomic E-state index is 13.2. The highest BCUT2D eigenvalue weighted by molar-refractivity contribution is 7.16. The molecule has 6 heteroatoms. The van der Waals surface area contributed by atoms with Crippen LogP contribution in [0, 0.1) is 0 Å². The molecule has 32 heavy (non-hydrogen) atoms. The molecular weight excluding hydrogens is 416 g/mol. The van der Waals surface area contributed by atoms with E-state index in [-0.39, 0.29) is 12.1 Å². The predicted molar refractivity (Wildman–Crippen MR) is 129 cm³/mol. The highest BCUT2D eigenvalue weighted by atomic mass is 32.1. The molecule has 2 aromatic heterocycles.